The molecule has 1 aliphatic heterocycles. The van der Waals surface area contributed by atoms with Gasteiger partial charge in [-0.05, 0) is 61.2 Å². The zero-order chi connectivity index (χ0) is 22.7. The van der Waals surface area contributed by atoms with E-state index in [1.54, 1.807) is 24.3 Å². The third-order valence-electron chi connectivity index (χ3n) is 5.76. The molecule has 6 nitrogen and oxygen atoms in total. The van der Waals surface area contributed by atoms with E-state index in [1.165, 1.54) is 22.9 Å². The Hall–Kier alpha value is -3.19. The van der Waals surface area contributed by atoms with Gasteiger partial charge in [0, 0.05) is 36.6 Å². The van der Waals surface area contributed by atoms with Crippen LogP contribution in [0.4, 0.5) is 10.2 Å². The maximum atomic E-state index is 13.0. The van der Waals surface area contributed by atoms with Crippen molar-refractivity contribution in [3.8, 4) is 5.69 Å². The van der Waals surface area contributed by atoms with Gasteiger partial charge in [-0.15, -0.1) is 5.10 Å². The molecule has 1 amide bonds. The van der Waals surface area contributed by atoms with Gasteiger partial charge in [0.2, 0.25) is 5.91 Å². The van der Waals surface area contributed by atoms with Gasteiger partial charge in [0.25, 0.3) is 5.56 Å². The molecule has 8 heteroatoms. The lowest BCUT2D eigenvalue weighted by Crippen LogP contribution is -2.41. The molecular formula is C24H24ClFN4O2. The van der Waals surface area contributed by atoms with Crippen LogP contribution in [0.2, 0.25) is 5.02 Å². The first-order valence-corrected chi connectivity index (χ1v) is 10.9. The molecule has 2 aromatic carbocycles. The standard InChI is InChI=1S/C24H24ClFN4O2/c1-16-2-7-20(14-21(16)25)30-23(31)9-8-22(28-30)29-12-10-18(11-13-29)24(32)27-15-17-3-5-19(26)6-4-17/h2-9,14,18H,10-13,15H2,1H3,(H,27,32). The van der Waals surface area contributed by atoms with Crippen LogP contribution < -0.4 is 15.8 Å². The summed E-state index contributed by atoms with van der Waals surface area (Å²) in [6.07, 6.45) is 1.37. The second kappa shape index (κ2) is 9.53. The van der Waals surface area contributed by atoms with Crippen LogP contribution in [0.3, 0.4) is 0 Å². The van der Waals surface area contributed by atoms with Gasteiger partial charge < -0.3 is 10.2 Å². The summed E-state index contributed by atoms with van der Waals surface area (Å²) < 4.78 is 14.4. The van der Waals surface area contributed by atoms with Crippen LogP contribution >= 0.6 is 11.6 Å². The minimum Gasteiger partial charge on any atom is -0.355 e. The minimum atomic E-state index is -0.294. The van der Waals surface area contributed by atoms with Gasteiger partial charge in [-0.3, -0.25) is 9.59 Å². The van der Waals surface area contributed by atoms with E-state index in [0.29, 0.717) is 49.0 Å². The van der Waals surface area contributed by atoms with Crippen LogP contribution in [-0.4, -0.2) is 28.8 Å². The Morgan fingerprint density at radius 3 is 2.53 bits per heavy atom. The summed E-state index contributed by atoms with van der Waals surface area (Å²) in [6.45, 7) is 3.60. The van der Waals surface area contributed by atoms with Crippen LogP contribution in [0.1, 0.15) is 24.0 Å². The van der Waals surface area contributed by atoms with Crippen molar-refractivity contribution < 1.29 is 9.18 Å². The monoisotopic (exact) mass is 454 g/mol. The van der Waals surface area contributed by atoms with Crippen molar-refractivity contribution in [1.29, 1.82) is 0 Å². The number of carbonyl (C=O) groups is 1. The SMILES string of the molecule is Cc1ccc(-n2nc(N3CCC(C(=O)NCc4ccc(F)cc4)CC3)ccc2=O)cc1Cl. The smallest absolute Gasteiger partial charge is 0.271 e. The molecule has 1 fully saturated rings. The molecule has 32 heavy (non-hydrogen) atoms. The summed E-state index contributed by atoms with van der Waals surface area (Å²) in [4.78, 5) is 27.0. The highest BCUT2D eigenvalue weighted by Gasteiger charge is 2.26. The molecule has 166 valence electrons. The number of aryl methyl sites for hydroxylation is 1. The molecule has 0 saturated carbocycles. The molecule has 0 unspecified atom stereocenters. The van der Waals surface area contributed by atoms with Crippen LogP contribution in [0.5, 0.6) is 0 Å². The number of hydrogen-bond donors (Lipinski definition) is 1. The fraction of sp³-hybridized carbons (Fsp3) is 0.292. The summed E-state index contributed by atoms with van der Waals surface area (Å²) >= 11 is 6.21. The molecule has 1 aromatic heterocycles. The van der Waals surface area contributed by atoms with E-state index >= 15 is 0 Å². The molecular weight excluding hydrogens is 431 g/mol. The molecule has 1 saturated heterocycles. The maximum absolute atomic E-state index is 13.0. The average molecular weight is 455 g/mol. The van der Waals surface area contributed by atoms with Crippen LogP contribution in [0, 0.1) is 18.7 Å². The van der Waals surface area contributed by atoms with E-state index in [4.69, 9.17) is 11.6 Å². The van der Waals surface area contributed by atoms with Gasteiger partial charge in [0.15, 0.2) is 0 Å². The largest absolute Gasteiger partial charge is 0.355 e. The molecule has 0 spiro atoms. The Kier molecular flexibility index (Phi) is 6.55. The van der Waals surface area contributed by atoms with Crippen LogP contribution in [0.25, 0.3) is 5.69 Å². The number of nitrogens with zero attached hydrogens (tertiary/aromatic N) is 3. The molecule has 1 N–H and O–H groups in total. The third kappa shape index (κ3) is 4.99. The van der Waals surface area contributed by atoms with Crippen molar-refractivity contribution in [3.05, 3.63) is 86.9 Å². The maximum Gasteiger partial charge on any atom is 0.271 e. The van der Waals surface area contributed by atoms with Crippen molar-refractivity contribution in [3.63, 3.8) is 0 Å². The Morgan fingerprint density at radius 2 is 1.84 bits per heavy atom. The van der Waals surface area contributed by atoms with Crippen molar-refractivity contribution in [1.82, 2.24) is 15.1 Å². The Bertz CT molecular complexity index is 1170. The number of nitrogens with one attached hydrogen (secondary N) is 1. The number of piperidine rings is 1. The molecule has 1 aliphatic rings. The molecule has 0 aliphatic carbocycles. The highest BCUT2D eigenvalue weighted by molar-refractivity contribution is 6.31. The van der Waals surface area contributed by atoms with Crippen molar-refractivity contribution in [2.24, 2.45) is 5.92 Å². The summed E-state index contributed by atoms with van der Waals surface area (Å²) in [5.74, 6) is 0.305. The lowest BCUT2D eigenvalue weighted by Gasteiger charge is -2.32. The highest BCUT2D eigenvalue weighted by atomic mass is 35.5. The van der Waals surface area contributed by atoms with E-state index in [1.807, 2.05) is 19.1 Å². The number of anilines is 1. The zero-order valence-corrected chi connectivity index (χ0v) is 18.5. The quantitative estimate of drug-likeness (QED) is 0.635. The van der Waals surface area contributed by atoms with Crippen molar-refractivity contribution in [2.45, 2.75) is 26.3 Å². The zero-order valence-electron chi connectivity index (χ0n) is 17.7. The normalized spacial score (nSPS) is 14.4. The van der Waals surface area contributed by atoms with Crippen molar-refractivity contribution in [2.75, 3.05) is 18.0 Å². The number of hydrogen-bond acceptors (Lipinski definition) is 4. The highest BCUT2D eigenvalue weighted by Crippen LogP contribution is 2.23. The molecule has 3 aromatic rings. The van der Waals surface area contributed by atoms with E-state index < -0.39 is 0 Å². The predicted molar refractivity (Wildman–Crippen MR) is 123 cm³/mol. The lowest BCUT2D eigenvalue weighted by molar-refractivity contribution is -0.125. The van der Waals surface area contributed by atoms with E-state index in [0.717, 1.165) is 11.1 Å². The third-order valence-corrected chi connectivity index (χ3v) is 6.16. The molecule has 0 radical (unpaired) electrons. The lowest BCUT2D eigenvalue weighted by atomic mass is 9.96. The van der Waals surface area contributed by atoms with E-state index in [9.17, 15) is 14.0 Å². The number of aromatic nitrogens is 2. The molecule has 0 bridgehead atoms. The minimum absolute atomic E-state index is 0.00111. The van der Waals surface area contributed by atoms with Gasteiger partial charge in [0.05, 0.1) is 5.69 Å². The summed E-state index contributed by atoms with van der Waals surface area (Å²) in [5.41, 5.74) is 2.17. The Balaban J connectivity index is 1.38. The van der Waals surface area contributed by atoms with Gasteiger partial charge >= 0.3 is 0 Å². The van der Waals surface area contributed by atoms with E-state index in [2.05, 4.69) is 15.3 Å². The number of carbonyl (C=O) groups excluding carboxylic acids is 1. The average Bonchev–Trinajstić information content (AvgIpc) is 2.81. The van der Waals surface area contributed by atoms with Gasteiger partial charge in [-0.1, -0.05) is 29.8 Å². The fourth-order valence-electron chi connectivity index (χ4n) is 3.78. The predicted octanol–water partition coefficient (Wildman–Crippen LogP) is 3.87. The van der Waals surface area contributed by atoms with Crippen LogP contribution in [0.15, 0.2) is 59.4 Å². The first kappa shape index (κ1) is 22.0. The topological polar surface area (TPSA) is 67.2 Å². The number of halogens is 2. The second-order valence-electron chi connectivity index (χ2n) is 7.98. The molecule has 2 heterocycles. The Morgan fingerprint density at radius 1 is 1.12 bits per heavy atom. The fourth-order valence-corrected chi connectivity index (χ4v) is 3.95. The summed E-state index contributed by atoms with van der Waals surface area (Å²) in [6, 6.07) is 14.7. The van der Waals surface area contributed by atoms with E-state index in [-0.39, 0.29) is 23.2 Å². The number of amides is 1. The summed E-state index contributed by atoms with van der Waals surface area (Å²) in [7, 11) is 0. The van der Waals surface area contributed by atoms with Crippen LogP contribution in [-0.2, 0) is 11.3 Å². The van der Waals surface area contributed by atoms with Gasteiger partial charge in [0.1, 0.15) is 11.6 Å². The number of benzene rings is 2. The number of rotatable bonds is 5. The second-order valence-corrected chi connectivity index (χ2v) is 8.39. The molecule has 4 rings (SSSR count). The van der Waals surface area contributed by atoms with Crippen molar-refractivity contribution >= 4 is 23.3 Å². The first-order valence-electron chi connectivity index (χ1n) is 10.5. The first-order chi connectivity index (χ1) is 15.4. The molecule has 0 atom stereocenters. The Labute approximate surface area is 190 Å². The van der Waals surface area contributed by atoms with Gasteiger partial charge in [-0.25, -0.2) is 4.39 Å². The van der Waals surface area contributed by atoms with Gasteiger partial charge in [-0.2, -0.15) is 4.68 Å². The summed E-state index contributed by atoms with van der Waals surface area (Å²) in [5, 5.41) is 8.05.